The normalized spacial score (nSPS) is 16.4. The highest BCUT2D eigenvalue weighted by Gasteiger charge is 2.27. The van der Waals surface area contributed by atoms with Crippen molar-refractivity contribution in [1.29, 1.82) is 0 Å². The van der Waals surface area contributed by atoms with Crippen LogP contribution in [0.2, 0.25) is 0 Å². The Bertz CT molecular complexity index is 1440. The van der Waals surface area contributed by atoms with Crippen molar-refractivity contribution in [2.24, 2.45) is 0 Å². The average Bonchev–Trinajstić information content (AvgIpc) is 3.34. The summed E-state index contributed by atoms with van der Waals surface area (Å²) in [5.74, 6) is -1.31. The molecule has 1 atom stereocenters. The van der Waals surface area contributed by atoms with Crippen molar-refractivity contribution in [2.45, 2.75) is 38.3 Å². The van der Waals surface area contributed by atoms with Gasteiger partial charge >= 0.3 is 0 Å². The number of carbonyl (C=O) groups excluding carboxylic acids is 1. The fourth-order valence-electron chi connectivity index (χ4n) is 4.37. The smallest absolute Gasteiger partial charge is 0.255 e. The minimum Gasteiger partial charge on any atom is -0.372 e. The fraction of sp³-hybridized carbons (Fsp3) is 0.269. The lowest BCUT2D eigenvalue weighted by atomic mass is 9.93. The number of halogens is 1. The number of hydrogen-bond donors (Lipinski definition) is 2. The second-order valence-electron chi connectivity index (χ2n) is 8.93. The van der Waals surface area contributed by atoms with E-state index in [9.17, 15) is 14.0 Å². The molecule has 0 spiro atoms. The Morgan fingerprint density at radius 1 is 1.15 bits per heavy atom. The second kappa shape index (κ2) is 8.08. The molecule has 6 nitrogen and oxygen atoms in total. The molecule has 1 amide bonds. The number of nitrogens with one attached hydrogen (secondary N) is 2. The van der Waals surface area contributed by atoms with Crippen LogP contribution in [0.3, 0.4) is 0 Å². The van der Waals surface area contributed by atoms with Gasteiger partial charge in [0.1, 0.15) is 5.82 Å². The first kappa shape index (κ1) is 21.3. The zero-order valence-electron chi connectivity index (χ0n) is 18.4. The number of para-hydroxylation sites is 1. The molecular formula is C26H24FN3O3. The molecule has 1 aliphatic heterocycles. The van der Waals surface area contributed by atoms with E-state index in [0.29, 0.717) is 16.4 Å². The molecule has 4 aromatic rings. The number of benzene rings is 2. The van der Waals surface area contributed by atoms with Gasteiger partial charge in [0.05, 0.1) is 28.4 Å². The van der Waals surface area contributed by atoms with E-state index < -0.39 is 17.3 Å². The van der Waals surface area contributed by atoms with Crippen LogP contribution in [0.15, 0.2) is 59.5 Å². The fourth-order valence-corrected chi connectivity index (χ4v) is 4.37. The Hall–Kier alpha value is -3.58. The molecule has 1 unspecified atom stereocenters. The lowest BCUT2D eigenvalue weighted by molar-refractivity contribution is 0.0907. The average molecular weight is 445 g/mol. The summed E-state index contributed by atoms with van der Waals surface area (Å²) < 4.78 is 20.7. The molecule has 5 rings (SSSR count). The molecule has 0 aliphatic carbocycles. The molecule has 1 saturated heterocycles. The molecule has 2 aromatic carbocycles. The van der Waals surface area contributed by atoms with Gasteiger partial charge in [0.2, 0.25) is 0 Å². The van der Waals surface area contributed by atoms with Crippen LogP contribution in [-0.2, 0) is 10.3 Å². The van der Waals surface area contributed by atoms with Crippen molar-refractivity contribution in [3.8, 4) is 0 Å². The Balaban J connectivity index is 1.48. The number of rotatable bonds is 4. The summed E-state index contributed by atoms with van der Waals surface area (Å²) in [5, 5.41) is 3.60. The second-order valence-corrected chi connectivity index (χ2v) is 8.93. The summed E-state index contributed by atoms with van der Waals surface area (Å²) in [6, 6.07) is 13.3. The molecule has 168 valence electrons. The Morgan fingerprint density at radius 3 is 2.76 bits per heavy atom. The molecule has 2 N–H and O–H groups in total. The zero-order chi connectivity index (χ0) is 23.2. The molecule has 3 heterocycles. The van der Waals surface area contributed by atoms with E-state index in [0.717, 1.165) is 36.8 Å². The van der Waals surface area contributed by atoms with E-state index in [-0.39, 0.29) is 22.5 Å². The number of carbonyl (C=O) groups is 1. The number of amides is 1. The highest BCUT2D eigenvalue weighted by atomic mass is 19.1. The number of nitrogens with zero attached hydrogens (tertiary/aromatic N) is 1. The molecule has 1 aliphatic rings. The summed E-state index contributed by atoms with van der Waals surface area (Å²) >= 11 is 0. The summed E-state index contributed by atoms with van der Waals surface area (Å²) in [6.07, 6.45) is 3.57. The van der Waals surface area contributed by atoms with Crippen LogP contribution in [0.5, 0.6) is 0 Å². The Kier molecular flexibility index (Phi) is 5.21. The molecule has 33 heavy (non-hydrogen) atoms. The third-order valence-corrected chi connectivity index (χ3v) is 6.23. The van der Waals surface area contributed by atoms with Crippen LogP contribution >= 0.6 is 0 Å². The van der Waals surface area contributed by atoms with Gasteiger partial charge in [0.15, 0.2) is 5.43 Å². The van der Waals surface area contributed by atoms with Gasteiger partial charge in [-0.3, -0.25) is 14.6 Å². The molecule has 2 aromatic heterocycles. The number of pyridine rings is 2. The third kappa shape index (κ3) is 3.89. The van der Waals surface area contributed by atoms with Gasteiger partial charge in [-0.05, 0) is 68.7 Å². The monoisotopic (exact) mass is 445 g/mol. The van der Waals surface area contributed by atoms with Crippen LogP contribution in [-0.4, -0.2) is 22.5 Å². The largest absolute Gasteiger partial charge is 0.372 e. The molecule has 0 radical (unpaired) electrons. The van der Waals surface area contributed by atoms with E-state index >= 15 is 0 Å². The van der Waals surface area contributed by atoms with Crippen LogP contribution in [0.25, 0.3) is 21.8 Å². The van der Waals surface area contributed by atoms with E-state index in [1.807, 2.05) is 32.0 Å². The van der Waals surface area contributed by atoms with E-state index in [2.05, 4.69) is 15.3 Å². The van der Waals surface area contributed by atoms with Gasteiger partial charge in [-0.25, -0.2) is 4.39 Å². The molecular weight excluding hydrogens is 421 g/mol. The van der Waals surface area contributed by atoms with E-state index in [4.69, 9.17) is 4.74 Å². The summed E-state index contributed by atoms with van der Waals surface area (Å²) in [4.78, 5) is 33.4. The van der Waals surface area contributed by atoms with Crippen LogP contribution in [0.1, 0.15) is 54.4 Å². The lowest BCUT2D eigenvalue weighted by Crippen LogP contribution is -2.41. The number of fused-ring (bicyclic) bond motifs is 2. The van der Waals surface area contributed by atoms with Crippen molar-refractivity contribution < 1.29 is 13.9 Å². The van der Waals surface area contributed by atoms with Crippen molar-refractivity contribution in [3.63, 3.8) is 0 Å². The molecule has 1 fully saturated rings. The topological polar surface area (TPSA) is 84.1 Å². The maximum Gasteiger partial charge on any atom is 0.255 e. The van der Waals surface area contributed by atoms with Gasteiger partial charge < -0.3 is 15.0 Å². The predicted octanol–water partition coefficient (Wildman–Crippen LogP) is 4.73. The number of H-pyrrole nitrogens is 1. The SMILES string of the molecule is CC(C)(NC(=O)c1cc2[nH]c3ccccc3c(=O)c2cc1F)c1ccnc(C2CCCO2)c1. The first-order valence-electron chi connectivity index (χ1n) is 11.0. The van der Waals surface area contributed by atoms with Crippen molar-refractivity contribution in [1.82, 2.24) is 15.3 Å². The highest BCUT2D eigenvalue weighted by molar-refractivity contribution is 6.00. The van der Waals surface area contributed by atoms with Crippen molar-refractivity contribution >= 4 is 27.7 Å². The molecule has 0 saturated carbocycles. The summed E-state index contributed by atoms with van der Waals surface area (Å²) in [7, 11) is 0. The summed E-state index contributed by atoms with van der Waals surface area (Å²) in [6.45, 7) is 4.43. The Morgan fingerprint density at radius 2 is 1.97 bits per heavy atom. The van der Waals surface area contributed by atoms with E-state index in [1.165, 1.54) is 6.07 Å². The first-order chi connectivity index (χ1) is 15.8. The van der Waals surface area contributed by atoms with Crippen LogP contribution in [0, 0.1) is 5.82 Å². The molecule has 7 heteroatoms. The maximum atomic E-state index is 15.0. The molecule has 0 bridgehead atoms. The standard InChI is InChI=1S/C26H24FN3O3/c1-26(2,15-9-10-28-22(12-15)23-8-5-11-33-23)30-25(32)17-14-21-18(13-19(17)27)24(31)16-6-3-4-7-20(16)29-21/h3-4,6-7,9-10,12-14,23H,5,8,11H2,1-2H3,(H,29,31)(H,30,32). The zero-order valence-corrected chi connectivity index (χ0v) is 18.4. The number of ether oxygens (including phenoxy) is 1. The maximum absolute atomic E-state index is 15.0. The van der Waals surface area contributed by atoms with E-state index in [1.54, 1.807) is 24.4 Å². The van der Waals surface area contributed by atoms with Crippen molar-refractivity contribution in [2.75, 3.05) is 6.61 Å². The number of aromatic amines is 1. The third-order valence-electron chi connectivity index (χ3n) is 6.23. The van der Waals surface area contributed by atoms with Gasteiger partial charge in [-0.2, -0.15) is 0 Å². The van der Waals surface area contributed by atoms with Crippen molar-refractivity contribution in [3.05, 3.63) is 87.6 Å². The van der Waals surface area contributed by atoms with Crippen LogP contribution in [0.4, 0.5) is 4.39 Å². The van der Waals surface area contributed by atoms with Gasteiger partial charge in [0, 0.05) is 29.1 Å². The first-order valence-corrected chi connectivity index (χ1v) is 11.0. The highest BCUT2D eigenvalue weighted by Crippen LogP contribution is 2.30. The van der Waals surface area contributed by atoms with Gasteiger partial charge in [-0.15, -0.1) is 0 Å². The quantitative estimate of drug-likeness (QED) is 0.445. The minimum atomic E-state index is -0.786. The predicted molar refractivity (Wildman–Crippen MR) is 125 cm³/mol. The van der Waals surface area contributed by atoms with Gasteiger partial charge in [-0.1, -0.05) is 12.1 Å². The summed E-state index contributed by atoms with van der Waals surface area (Å²) in [5.41, 5.74) is 1.52. The van der Waals surface area contributed by atoms with Gasteiger partial charge in [0.25, 0.3) is 5.91 Å². The minimum absolute atomic E-state index is 0.0407. The lowest BCUT2D eigenvalue weighted by Gasteiger charge is -2.28. The Labute approximate surface area is 189 Å². The number of aromatic nitrogens is 2. The van der Waals surface area contributed by atoms with Crippen LogP contribution < -0.4 is 10.7 Å². The number of hydrogen-bond acceptors (Lipinski definition) is 4.